The normalized spacial score (nSPS) is 11.7. The number of nitrogens with one attached hydrogen (secondary N) is 1. The van der Waals surface area contributed by atoms with Gasteiger partial charge in [-0.05, 0) is 47.3 Å². The van der Waals surface area contributed by atoms with Crippen LogP contribution in [-0.4, -0.2) is 13.0 Å². The molecule has 4 nitrogen and oxygen atoms in total. The van der Waals surface area contributed by atoms with Crippen LogP contribution in [0.1, 0.15) is 5.56 Å². The predicted octanol–water partition coefficient (Wildman–Crippen LogP) is 4.11. The summed E-state index contributed by atoms with van der Waals surface area (Å²) in [6.45, 7) is 0.240. The Hall–Kier alpha value is -2.89. The minimum atomic E-state index is -3.52. The molecule has 130 valence electrons. The minimum absolute atomic E-state index is 0.240. The fraction of sp³-hybridized carbons (Fsp3) is 0.0476. The third-order valence-corrected chi connectivity index (χ3v) is 5.73. The van der Waals surface area contributed by atoms with Crippen molar-refractivity contribution in [2.24, 2.45) is 0 Å². The van der Waals surface area contributed by atoms with Crippen LogP contribution in [-0.2, 0) is 16.6 Å². The van der Waals surface area contributed by atoms with Gasteiger partial charge in [0.05, 0.1) is 10.4 Å². The fourth-order valence-electron chi connectivity index (χ4n) is 2.99. The van der Waals surface area contributed by atoms with Crippen molar-refractivity contribution in [1.29, 1.82) is 0 Å². The number of hydrogen-bond acceptors (Lipinski definition) is 2. The molecule has 3 aromatic carbocycles. The Morgan fingerprint density at radius 1 is 0.808 bits per heavy atom. The van der Waals surface area contributed by atoms with Gasteiger partial charge in [0.25, 0.3) is 0 Å². The zero-order valence-corrected chi connectivity index (χ0v) is 14.9. The molecule has 0 spiro atoms. The summed E-state index contributed by atoms with van der Waals surface area (Å²) >= 11 is 0. The number of benzene rings is 3. The summed E-state index contributed by atoms with van der Waals surface area (Å²) in [4.78, 5) is 0.271. The second-order valence-corrected chi connectivity index (χ2v) is 7.82. The van der Waals surface area contributed by atoms with Gasteiger partial charge in [-0.15, -0.1) is 0 Å². The molecule has 0 amide bonds. The summed E-state index contributed by atoms with van der Waals surface area (Å²) < 4.78 is 29.5. The van der Waals surface area contributed by atoms with Crippen molar-refractivity contribution >= 4 is 20.9 Å². The van der Waals surface area contributed by atoms with Crippen molar-refractivity contribution in [3.05, 3.63) is 96.7 Å². The number of para-hydroxylation sites is 1. The molecule has 0 saturated heterocycles. The van der Waals surface area contributed by atoms with Crippen molar-refractivity contribution in [3.63, 3.8) is 0 Å². The van der Waals surface area contributed by atoms with E-state index in [1.54, 1.807) is 30.3 Å². The SMILES string of the molecule is O=S(=O)(NCc1cccc(-n2ccc3ccccc32)c1)c1ccccc1. The van der Waals surface area contributed by atoms with E-state index in [1.165, 1.54) is 5.39 Å². The van der Waals surface area contributed by atoms with Gasteiger partial charge in [-0.25, -0.2) is 13.1 Å². The van der Waals surface area contributed by atoms with Crippen molar-refractivity contribution in [2.45, 2.75) is 11.4 Å². The lowest BCUT2D eigenvalue weighted by atomic mass is 10.2. The molecule has 26 heavy (non-hydrogen) atoms. The maximum atomic E-state index is 12.4. The molecule has 0 unspecified atom stereocenters. The summed E-state index contributed by atoms with van der Waals surface area (Å²) in [6, 6.07) is 26.5. The molecule has 0 aliphatic rings. The van der Waals surface area contributed by atoms with Crippen molar-refractivity contribution in [1.82, 2.24) is 9.29 Å². The highest BCUT2D eigenvalue weighted by atomic mass is 32.2. The molecule has 0 aliphatic carbocycles. The Morgan fingerprint density at radius 3 is 2.42 bits per heavy atom. The molecule has 4 rings (SSSR count). The Kier molecular flexibility index (Phi) is 4.32. The van der Waals surface area contributed by atoms with Gasteiger partial charge in [0.1, 0.15) is 0 Å². The van der Waals surface area contributed by atoms with Crippen LogP contribution in [0.25, 0.3) is 16.6 Å². The molecular weight excluding hydrogens is 344 g/mol. The smallest absolute Gasteiger partial charge is 0.240 e. The lowest BCUT2D eigenvalue weighted by Crippen LogP contribution is -2.23. The maximum absolute atomic E-state index is 12.4. The number of rotatable bonds is 5. The first-order valence-electron chi connectivity index (χ1n) is 8.34. The Labute approximate surface area is 152 Å². The molecule has 1 aromatic heterocycles. The zero-order chi connectivity index (χ0) is 18.0. The standard InChI is InChI=1S/C21H18N2O2S/c24-26(25,20-10-2-1-3-11-20)22-16-17-7-6-9-19(15-17)23-14-13-18-8-4-5-12-21(18)23/h1-15,22H,16H2. The number of hydrogen-bond donors (Lipinski definition) is 1. The molecule has 0 bridgehead atoms. The van der Waals surface area contributed by atoms with Crippen LogP contribution < -0.4 is 4.72 Å². The number of aromatic nitrogens is 1. The molecule has 5 heteroatoms. The van der Waals surface area contributed by atoms with Crippen molar-refractivity contribution in [2.75, 3.05) is 0 Å². The Bertz CT molecular complexity index is 1150. The third-order valence-electron chi connectivity index (χ3n) is 4.31. The van der Waals surface area contributed by atoms with Crippen LogP contribution >= 0.6 is 0 Å². The summed E-state index contributed by atoms with van der Waals surface area (Å²) in [5.41, 5.74) is 3.02. The van der Waals surface area contributed by atoms with Crippen LogP contribution in [0, 0.1) is 0 Å². The molecule has 0 aliphatic heterocycles. The number of fused-ring (bicyclic) bond motifs is 1. The first kappa shape index (κ1) is 16.6. The van der Waals surface area contributed by atoms with Crippen LogP contribution in [0.15, 0.2) is 96.0 Å². The maximum Gasteiger partial charge on any atom is 0.240 e. The van der Waals surface area contributed by atoms with Gasteiger partial charge < -0.3 is 4.57 Å². The predicted molar refractivity (Wildman–Crippen MR) is 104 cm³/mol. The van der Waals surface area contributed by atoms with Crippen molar-refractivity contribution < 1.29 is 8.42 Å². The number of sulfonamides is 1. The Balaban J connectivity index is 1.59. The van der Waals surface area contributed by atoms with E-state index in [0.717, 1.165) is 16.8 Å². The molecule has 1 heterocycles. The van der Waals surface area contributed by atoms with E-state index < -0.39 is 10.0 Å². The molecule has 0 radical (unpaired) electrons. The lowest BCUT2D eigenvalue weighted by Gasteiger charge is -2.10. The zero-order valence-electron chi connectivity index (χ0n) is 14.0. The highest BCUT2D eigenvalue weighted by Crippen LogP contribution is 2.21. The topological polar surface area (TPSA) is 51.1 Å². The fourth-order valence-corrected chi connectivity index (χ4v) is 4.02. The molecule has 1 N–H and O–H groups in total. The van der Waals surface area contributed by atoms with E-state index in [1.807, 2.05) is 42.6 Å². The van der Waals surface area contributed by atoms with Crippen LogP contribution in [0.5, 0.6) is 0 Å². The van der Waals surface area contributed by atoms with E-state index in [2.05, 4.69) is 27.5 Å². The molecular formula is C21H18N2O2S. The molecule has 0 saturated carbocycles. The summed E-state index contributed by atoms with van der Waals surface area (Å²) in [7, 11) is -3.52. The molecule has 0 atom stereocenters. The van der Waals surface area contributed by atoms with Crippen LogP contribution in [0.2, 0.25) is 0 Å². The highest BCUT2D eigenvalue weighted by molar-refractivity contribution is 7.89. The van der Waals surface area contributed by atoms with Gasteiger partial charge in [0.2, 0.25) is 10.0 Å². The van der Waals surface area contributed by atoms with E-state index in [4.69, 9.17) is 0 Å². The molecule has 4 aromatic rings. The van der Waals surface area contributed by atoms with Gasteiger partial charge in [0, 0.05) is 18.4 Å². The average Bonchev–Trinajstić information content (AvgIpc) is 3.12. The summed E-state index contributed by atoms with van der Waals surface area (Å²) in [6.07, 6.45) is 2.03. The summed E-state index contributed by atoms with van der Waals surface area (Å²) in [5, 5.41) is 1.17. The minimum Gasteiger partial charge on any atom is -0.317 e. The lowest BCUT2D eigenvalue weighted by molar-refractivity contribution is 0.581. The second-order valence-electron chi connectivity index (χ2n) is 6.05. The quantitative estimate of drug-likeness (QED) is 0.581. The van der Waals surface area contributed by atoms with Gasteiger partial charge >= 0.3 is 0 Å². The van der Waals surface area contributed by atoms with E-state index in [0.29, 0.717) is 0 Å². The van der Waals surface area contributed by atoms with E-state index in [-0.39, 0.29) is 11.4 Å². The summed E-state index contributed by atoms with van der Waals surface area (Å²) in [5.74, 6) is 0. The van der Waals surface area contributed by atoms with Gasteiger partial charge in [-0.2, -0.15) is 0 Å². The number of nitrogens with zero attached hydrogens (tertiary/aromatic N) is 1. The van der Waals surface area contributed by atoms with Gasteiger partial charge in [-0.1, -0.05) is 48.5 Å². The van der Waals surface area contributed by atoms with E-state index >= 15 is 0 Å². The molecule has 0 fully saturated rings. The van der Waals surface area contributed by atoms with Gasteiger partial charge in [0.15, 0.2) is 0 Å². The van der Waals surface area contributed by atoms with Crippen LogP contribution in [0.3, 0.4) is 0 Å². The first-order valence-corrected chi connectivity index (χ1v) is 9.82. The third kappa shape index (κ3) is 3.27. The first-order chi connectivity index (χ1) is 12.6. The van der Waals surface area contributed by atoms with Crippen LogP contribution in [0.4, 0.5) is 0 Å². The highest BCUT2D eigenvalue weighted by Gasteiger charge is 2.13. The van der Waals surface area contributed by atoms with Crippen molar-refractivity contribution in [3.8, 4) is 5.69 Å². The second kappa shape index (κ2) is 6.78. The monoisotopic (exact) mass is 362 g/mol. The average molecular weight is 362 g/mol. The largest absolute Gasteiger partial charge is 0.317 e. The van der Waals surface area contributed by atoms with E-state index in [9.17, 15) is 8.42 Å². The Morgan fingerprint density at radius 2 is 1.58 bits per heavy atom. The van der Waals surface area contributed by atoms with Gasteiger partial charge in [-0.3, -0.25) is 0 Å².